The minimum Gasteiger partial charge on any atom is -0.205 e. The predicted octanol–water partition coefficient (Wildman–Crippen LogP) is 3.51. The zero-order valence-electron chi connectivity index (χ0n) is 5.37. The molecule has 60 valence electrons. The molecule has 0 saturated heterocycles. The molecule has 0 atom stereocenters. The Morgan fingerprint density at radius 1 is 1.36 bits per heavy atom. The van der Waals surface area contributed by atoms with E-state index >= 15 is 0 Å². The van der Waals surface area contributed by atoms with E-state index in [0.29, 0.717) is 10.9 Å². The second-order valence-electron chi connectivity index (χ2n) is 1.97. The van der Waals surface area contributed by atoms with Crippen LogP contribution in [0.15, 0.2) is 12.1 Å². The molecule has 0 bridgehead atoms. The van der Waals surface area contributed by atoms with Gasteiger partial charge in [-0.2, -0.15) is 0 Å². The third-order valence-electron chi connectivity index (χ3n) is 1.26. The summed E-state index contributed by atoms with van der Waals surface area (Å²) >= 11 is 8.34. The minimum absolute atomic E-state index is 0.332. The molecule has 0 aromatic heterocycles. The van der Waals surface area contributed by atoms with Gasteiger partial charge in [-0.15, -0.1) is 0 Å². The lowest BCUT2D eigenvalue weighted by Crippen LogP contribution is -1.89. The Hall–Kier alpha value is -0.150. The summed E-state index contributed by atoms with van der Waals surface area (Å²) in [4.78, 5) is 0. The molecule has 0 nitrogen and oxygen atoms in total. The first kappa shape index (κ1) is 8.94. The second kappa shape index (κ2) is 3.50. The van der Waals surface area contributed by atoms with Gasteiger partial charge in [0.25, 0.3) is 0 Å². The van der Waals surface area contributed by atoms with Crippen molar-refractivity contribution >= 4 is 27.5 Å². The molecule has 1 rings (SSSR count). The predicted molar refractivity (Wildman–Crippen MR) is 44.0 cm³/mol. The minimum atomic E-state index is -0.728. The fourth-order valence-corrected chi connectivity index (χ4v) is 1.29. The Kier molecular flexibility index (Phi) is 2.84. The lowest BCUT2D eigenvalue weighted by atomic mass is 10.2. The summed E-state index contributed by atoms with van der Waals surface area (Å²) in [6.07, 6.45) is 0. The lowest BCUT2D eigenvalue weighted by Gasteiger charge is -2.00. The zero-order valence-corrected chi connectivity index (χ0v) is 7.72. The van der Waals surface area contributed by atoms with E-state index in [9.17, 15) is 8.78 Å². The van der Waals surface area contributed by atoms with Crippen LogP contribution in [0.1, 0.15) is 5.56 Å². The highest BCUT2D eigenvalue weighted by molar-refractivity contribution is 9.08. The molecule has 4 heteroatoms. The molecule has 0 heterocycles. The second-order valence-corrected chi connectivity index (χ2v) is 2.91. The quantitative estimate of drug-likeness (QED) is 0.521. The largest absolute Gasteiger partial charge is 0.205 e. The number of benzene rings is 1. The molecule has 1 aromatic carbocycles. The van der Waals surface area contributed by atoms with Crippen LogP contribution >= 0.6 is 27.5 Å². The highest BCUT2D eigenvalue weighted by Gasteiger charge is 2.09. The number of alkyl halides is 1. The molecule has 0 amide bonds. The van der Waals surface area contributed by atoms with Crippen molar-refractivity contribution in [3.63, 3.8) is 0 Å². The van der Waals surface area contributed by atoms with Crippen molar-refractivity contribution in [2.45, 2.75) is 5.33 Å². The third-order valence-corrected chi connectivity index (χ3v) is 2.21. The summed E-state index contributed by atoms with van der Waals surface area (Å²) < 4.78 is 25.4. The Morgan fingerprint density at radius 2 is 2.00 bits per heavy atom. The van der Waals surface area contributed by atoms with Gasteiger partial charge in [0.05, 0.1) is 0 Å². The number of hydrogen-bond donors (Lipinski definition) is 0. The van der Waals surface area contributed by atoms with Crippen molar-refractivity contribution in [1.82, 2.24) is 0 Å². The first-order chi connectivity index (χ1) is 5.16. The third kappa shape index (κ3) is 1.71. The van der Waals surface area contributed by atoms with Crippen LogP contribution in [0.25, 0.3) is 0 Å². The van der Waals surface area contributed by atoms with Crippen LogP contribution in [0.5, 0.6) is 0 Å². The molecule has 0 N–H and O–H groups in total. The highest BCUT2D eigenvalue weighted by atomic mass is 79.9. The molecule has 1 aromatic rings. The molecule has 0 fully saturated rings. The van der Waals surface area contributed by atoms with Crippen molar-refractivity contribution in [2.75, 3.05) is 0 Å². The maximum Gasteiger partial charge on any atom is 0.148 e. The van der Waals surface area contributed by atoms with Gasteiger partial charge >= 0.3 is 0 Å². The van der Waals surface area contributed by atoms with Crippen LogP contribution in [-0.2, 0) is 5.33 Å². The van der Waals surface area contributed by atoms with Gasteiger partial charge in [0.1, 0.15) is 16.7 Å². The van der Waals surface area contributed by atoms with Crippen molar-refractivity contribution in [3.8, 4) is 0 Å². The normalized spacial score (nSPS) is 10.2. The summed E-state index contributed by atoms with van der Waals surface area (Å²) in [7, 11) is 0. The molecule has 0 unspecified atom stereocenters. The molecule has 0 saturated carbocycles. The van der Waals surface area contributed by atoms with E-state index in [1.54, 1.807) is 0 Å². The van der Waals surface area contributed by atoms with E-state index < -0.39 is 16.7 Å². The van der Waals surface area contributed by atoms with Gasteiger partial charge in [-0.25, -0.2) is 8.78 Å². The van der Waals surface area contributed by atoms with Crippen LogP contribution in [-0.4, -0.2) is 0 Å². The van der Waals surface area contributed by atoms with Crippen LogP contribution in [0.4, 0.5) is 8.78 Å². The molecule has 0 aliphatic carbocycles. The fourth-order valence-electron chi connectivity index (χ4n) is 0.669. The lowest BCUT2D eigenvalue weighted by molar-refractivity contribution is 0.578. The van der Waals surface area contributed by atoms with E-state index in [1.807, 2.05) is 0 Å². The molecular formula is C7H4BrClF2. The molecule has 0 aliphatic rings. The average molecular weight is 241 g/mol. The van der Waals surface area contributed by atoms with Gasteiger partial charge in [0.15, 0.2) is 0 Å². The average Bonchev–Trinajstić information content (AvgIpc) is 2.01. The van der Waals surface area contributed by atoms with E-state index in [0.717, 1.165) is 6.07 Å². The van der Waals surface area contributed by atoms with Crippen molar-refractivity contribution in [2.24, 2.45) is 0 Å². The van der Waals surface area contributed by atoms with Crippen molar-refractivity contribution in [1.29, 1.82) is 0 Å². The van der Waals surface area contributed by atoms with Crippen LogP contribution in [0.2, 0.25) is 5.02 Å². The molecular weight excluding hydrogens is 237 g/mol. The first-order valence-corrected chi connectivity index (χ1v) is 4.35. The summed E-state index contributed by atoms with van der Waals surface area (Å²) in [6.45, 7) is 0. The Bertz CT molecular complexity index is 275. The van der Waals surface area contributed by atoms with Crippen LogP contribution in [0.3, 0.4) is 0 Å². The number of rotatable bonds is 1. The van der Waals surface area contributed by atoms with Gasteiger partial charge < -0.3 is 0 Å². The highest BCUT2D eigenvalue weighted by Crippen LogP contribution is 2.22. The Morgan fingerprint density at radius 3 is 2.55 bits per heavy atom. The van der Waals surface area contributed by atoms with Gasteiger partial charge in [-0.05, 0) is 6.07 Å². The Balaban J connectivity index is 3.25. The maximum atomic E-state index is 12.9. The van der Waals surface area contributed by atoms with E-state index in [1.165, 1.54) is 6.07 Å². The van der Waals surface area contributed by atoms with E-state index in [2.05, 4.69) is 15.9 Å². The standard InChI is InChI=1S/C7H4BrClF2/c8-3-4-1-2-5(10)6(9)7(4)11/h1-2H,3H2. The van der Waals surface area contributed by atoms with Gasteiger partial charge in [-0.3, -0.25) is 0 Å². The Labute approximate surface area is 76.3 Å². The first-order valence-electron chi connectivity index (χ1n) is 2.85. The monoisotopic (exact) mass is 240 g/mol. The van der Waals surface area contributed by atoms with E-state index in [-0.39, 0.29) is 0 Å². The summed E-state index contributed by atoms with van der Waals surface area (Å²) in [6, 6.07) is 2.49. The van der Waals surface area contributed by atoms with Crippen molar-refractivity contribution < 1.29 is 8.78 Å². The van der Waals surface area contributed by atoms with Gasteiger partial charge in [0, 0.05) is 10.9 Å². The molecule has 0 spiro atoms. The number of halogens is 4. The van der Waals surface area contributed by atoms with Crippen LogP contribution < -0.4 is 0 Å². The van der Waals surface area contributed by atoms with E-state index in [4.69, 9.17) is 11.6 Å². The summed E-state index contributed by atoms with van der Waals surface area (Å²) in [5.41, 5.74) is 0.358. The molecule has 0 radical (unpaired) electrons. The SMILES string of the molecule is Fc1ccc(CBr)c(F)c1Cl. The van der Waals surface area contributed by atoms with Gasteiger partial charge in [0.2, 0.25) is 0 Å². The van der Waals surface area contributed by atoms with Gasteiger partial charge in [-0.1, -0.05) is 33.6 Å². The molecule has 11 heavy (non-hydrogen) atoms. The molecule has 0 aliphatic heterocycles. The summed E-state index contributed by atoms with van der Waals surface area (Å²) in [5, 5.41) is -0.110. The topological polar surface area (TPSA) is 0 Å². The van der Waals surface area contributed by atoms with Crippen molar-refractivity contribution in [3.05, 3.63) is 34.4 Å². The van der Waals surface area contributed by atoms with Crippen LogP contribution in [0, 0.1) is 11.6 Å². The fraction of sp³-hybridized carbons (Fsp3) is 0.143. The zero-order chi connectivity index (χ0) is 8.43. The smallest absolute Gasteiger partial charge is 0.148 e. The summed E-state index contributed by atoms with van der Waals surface area (Å²) in [5.74, 6) is -1.42. The maximum absolute atomic E-state index is 12.9. The number of hydrogen-bond acceptors (Lipinski definition) is 0.